The van der Waals surface area contributed by atoms with Gasteiger partial charge >= 0.3 is 0 Å². The van der Waals surface area contributed by atoms with Crippen LogP contribution in [0.4, 0.5) is 8.78 Å². The zero-order chi connectivity index (χ0) is 15.5. The Morgan fingerprint density at radius 2 is 2.09 bits per heavy atom. The van der Waals surface area contributed by atoms with Crippen molar-refractivity contribution in [1.29, 1.82) is 0 Å². The number of alkyl halides is 2. The number of likely N-dealkylation sites (tertiary alicyclic amines) is 1. The van der Waals surface area contributed by atoms with Gasteiger partial charge in [0.1, 0.15) is 0 Å². The lowest BCUT2D eigenvalue weighted by Gasteiger charge is -2.30. The minimum atomic E-state index is -2.31. The summed E-state index contributed by atoms with van der Waals surface area (Å²) in [6.45, 7) is 1.03. The molecule has 7 heteroatoms. The summed E-state index contributed by atoms with van der Waals surface area (Å²) in [4.78, 5) is 6.17. The molecule has 1 aromatic carbocycles. The highest BCUT2D eigenvalue weighted by Gasteiger charge is 2.27. The standard InChI is InChI=1S/C15H16ClF2N3O/c16-12-5-3-10(4-6-12)14-19-15(22-20-14)11-2-1-7-21(8-11)9-13(17)18/h3-6,11,13H,1-2,7-9H2. The van der Waals surface area contributed by atoms with E-state index in [1.54, 1.807) is 17.0 Å². The van der Waals surface area contributed by atoms with Crippen LogP contribution in [0.25, 0.3) is 11.4 Å². The quantitative estimate of drug-likeness (QED) is 0.855. The van der Waals surface area contributed by atoms with Gasteiger partial charge in [0.05, 0.1) is 12.5 Å². The highest BCUT2D eigenvalue weighted by Crippen LogP contribution is 2.28. The molecule has 3 rings (SSSR count). The lowest BCUT2D eigenvalue weighted by Crippen LogP contribution is -2.37. The molecule has 0 spiro atoms. The van der Waals surface area contributed by atoms with E-state index in [0.717, 1.165) is 18.4 Å². The third kappa shape index (κ3) is 3.62. The maximum absolute atomic E-state index is 12.5. The Labute approximate surface area is 132 Å². The Morgan fingerprint density at radius 1 is 1.32 bits per heavy atom. The smallest absolute Gasteiger partial charge is 0.251 e. The first-order valence-corrected chi connectivity index (χ1v) is 7.59. The number of halogens is 3. The van der Waals surface area contributed by atoms with Crippen LogP contribution in [-0.4, -0.2) is 41.1 Å². The summed E-state index contributed by atoms with van der Waals surface area (Å²) in [5, 5.41) is 4.62. The van der Waals surface area contributed by atoms with E-state index in [0.29, 0.717) is 29.8 Å². The molecular formula is C15H16ClF2N3O. The predicted octanol–water partition coefficient (Wildman–Crippen LogP) is 3.83. The van der Waals surface area contributed by atoms with Crippen molar-refractivity contribution in [2.75, 3.05) is 19.6 Å². The Morgan fingerprint density at radius 3 is 2.82 bits per heavy atom. The maximum Gasteiger partial charge on any atom is 0.251 e. The number of aromatic nitrogens is 2. The molecule has 0 bridgehead atoms. The lowest BCUT2D eigenvalue weighted by atomic mass is 9.98. The van der Waals surface area contributed by atoms with E-state index in [2.05, 4.69) is 10.1 Å². The van der Waals surface area contributed by atoms with Crippen LogP contribution in [-0.2, 0) is 0 Å². The van der Waals surface area contributed by atoms with Gasteiger partial charge < -0.3 is 4.52 Å². The van der Waals surface area contributed by atoms with Crippen LogP contribution in [0, 0.1) is 0 Å². The van der Waals surface area contributed by atoms with Gasteiger partial charge in [-0.2, -0.15) is 4.98 Å². The number of rotatable bonds is 4. The average molecular weight is 328 g/mol. The Bertz CT molecular complexity index is 618. The molecule has 1 saturated heterocycles. The normalized spacial score (nSPS) is 19.7. The summed E-state index contributed by atoms with van der Waals surface area (Å²) in [7, 11) is 0. The first-order valence-electron chi connectivity index (χ1n) is 7.22. The summed E-state index contributed by atoms with van der Waals surface area (Å²) in [6, 6.07) is 7.16. The van der Waals surface area contributed by atoms with Crippen molar-refractivity contribution in [3.05, 3.63) is 35.2 Å². The van der Waals surface area contributed by atoms with Crippen LogP contribution in [0.3, 0.4) is 0 Å². The monoisotopic (exact) mass is 327 g/mol. The van der Waals surface area contributed by atoms with Gasteiger partial charge in [-0.1, -0.05) is 16.8 Å². The second kappa shape index (κ2) is 6.71. The molecule has 1 aliphatic heterocycles. The molecule has 4 nitrogen and oxygen atoms in total. The van der Waals surface area contributed by atoms with Gasteiger partial charge in [0, 0.05) is 17.1 Å². The van der Waals surface area contributed by atoms with Crippen LogP contribution >= 0.6 is 11.6 Å². The molecule has 0 N–H and O–H groups in total. The first-order chi connectivity index (χ1) is 10.6. The van der Waals surface area contributed by atoms with Gasteiger partial charge in [-0.15, -0.1) is 0 Å². The number of hydrogen-bond acceptors (Lipinski definition) is 4. The summed E-state index contributed by atoms with van der Waals surface area (Å²) in [5.74, 6) is 1.03. The fourth-order valence-corrected chi connectivity index (χ4v) is 2.86. The predicted molar refractivity (Wildman–Crippen MR) is 79.2 cm³/mol. The van der Waals surface area contributed by atoms with Crippen molar-refractivity contribution >= 4 is 11.6 Å². The lowest BCUT2D eigenvalue weighted by molar-refractivity contribution is 0.0705. The van der Waals surface area contributed by atoms with E-state index >= 15 is 0 Å². The van der Waals surface area contributed by atoms with Crippen molar-refractivity contribution in [2.45, 2.75) is 25.2 Å². The second-order valence-electron chi connectivity index (χ2n) is 5.45. The third-order valence-electron chi connectivity index (χ3n) is 3.80. The third-order valence-corrected chi connectivity index (χ3v) is 4.05. The highest BCUT2D eigenvalue weighted by atomic mass is 35.5. The molecule has 1 aliphatic rings. The fraction of sp³-hybridized carbons (Fsp3) is 0.467. The van der Waals surface area contributed by atoms with Gasteiger partial charge in [-0.05, 0) is 43.7 Å². The van der Waals surface area contributed by atoms with E-state index < -0.39 is 6.43 Å². The molecule has 1 unspecified atom stereocenters. The summed E-state index contributed by atoms with van der Waals surface area (Å²) >= 11 is 5.85. The van der Waals surface area contributed by atoms with Gasteiger partial charge in [0.15, 0.2) is 0 Å². The maximum atomic E-state index is 12.5. The molecule has 0 aliphatic carbocycles. The van der Waals surface area contributed by atoms with E-state index in [-0.39, 0.29) is 12.5 Å². The van der Waals surface area contributed by atoms with Crippen LogP contribution in [0.5, 0.6) is 0 Å². The van der Waals surface area contributed by atoms with Gasteiger partial charge in [-0.25, -0.2) is 8.78 Å². The van der Waals surface area contributed by atoms with Gasteiger partial charge in [0.25, 0.3) is 6.43 Å². The zero-order valence-corrected chi connectivity index (χ0v) is 12.6. The Hall–Kier alpha value is -1.53. The summed E-state index contributed by atoms with van der Waals surface area (Å²) in [5.41, 5.74) is 0.819. The molecule has 1 atom stereocenters. The zero-order valence-electron chi connectivity index (χ0n) is 11.9. The largest absolute Gasteiger partial charge is 0.339 e. The van der Waals surface area contributed by atoms with Crippen molar-refractivity contribution in [3.63, 3.8) is 0 Å². The van der Waals surface area contributed by atoms with E-state index in [1.165, 1.54) is 0 Å². The van der Waals surface area contributed by atoms with Crippen molar-refractivity contribution in [2.24, 2.45) is 0 Å². The molecule has 0 radical (unpaired) electrons. The number of nitrogens with zero attached hydrogens (tertiary/aromatic N) is 3. The second-order valence-corrected chi connectivity index (χ2v) is 5.89. The number of piperidine rings is 1. The molecular weight excluding hydrogens is 312 g/mol. The minimum absolute atomic E-state index is 0.0149. The molecule has 0 saturated carbocycles. The van der Waals surface area contributed by atoms with Crippen LogP contribution in [0.2, 0.25) is 5.02 Å². The SMILES string of the molecule is FC(F)CN1CCCC(c2nc(-c3ccc(Cl)cc3)no2)C1. The average Bonchev–Trinajstić information content (AvgIpc) is 2.97. The fourth-order valence-electron chi connectivity index (χ4n) is 2.74. The molecule has 2 heterocycles. The van der Waals surface area contributed by atoms with Crippen molar-refractivity contribution in [1.82, 2.24) is 15.0 Å². The van der Waals surface area contributed by atoms with Crippen molar-refractivity contribution < 1.29 is 13.3 Å². The van der Waals surface area contributed by atoms with Crippen LogP contribution < -0.4 is 0 Å². The number of benzene rings is 1. The Kier molecular flexibility index (Phi) is 4.69. The van der Waals surface area contributed by atoms with Crippen molar-refractivity contribution in [3.8, 4) is 11.4 Å². The topological polar surface area (TPSA) is 42.2 Å². The van der Waals surface area contributed by atoms with E-state index in [1.807, 2.05) is 12.1 Å². The van der Waals surface area contributed by atoms with Gasteiger partial charge in [0.2, 0.25) is 11.7 Å². The highest BCUT2D eigenvalue weighted by molar-refractivity contribution is 6.30. The summed E-state index contributed by atoms with van der Waals surface area (Å²) < 4.78 is 30.3. The van der Waals surface area contributed by atoms with E-state index in [9.17, 15) is 8.78 Å². The minimum Gasteiger partial charge on any atom is -0.339 e. The van der Waals surface area contributed by atoms with Gasteiger partial charge in [-0.3, -0.25) is 4.90 Å². The Balaban J connectivity index is 1.71. The van der Waals surface area contributed by atoms with E-state index in [4.69, 9.17) is 16.1 Å². The summed E-state index contributed by atoms with van der Waals surface area (Å²) in [6.07, 6.45) is -0.580. The molecule has 1 aromatic heterocycles. The molecule has 118 valence electrons. The molecule has 2 aromatic rings. The first kappa shape index (κ1) is 15.4. The van der Waals surface area contributed by atoms with Crippen LogP contribution in [0.15, 0.2) is 28.8 Å². The number of hydrogen-bond donors (Lipinski definition) is 0. The molecule has 22 heavy (non-hydrogen) atoms. The molecule has 1 fully saturated rings. The molecule has 0 amide bonds. The van der Waals surface area contributed by atoms with Crippen LogP contribution in [0.1, 0.15) is 24.7 Å².